The summed E-state index contributed by atoms with van der Waals surface area (Å²) in [7, 11) is 1.90. The average Bonchev–Trinajstić information content (AvgIpc) is 3.12. The minimum Gasteiger partial charge on any atom is -0.355 e. The number of hydrogen-bond donors (Lipinski definition) is 2. The molecular formula is C24H28N4O2. The van der Waals surface area contributed by atoms with Gasteiger partial charge in [0, 0.05) is 42.9 Å². The number of hydrogen-bond acceptors (Lipinski definition) is 3. The van der Waals surface area contributed by atoms with E-state index in [4.69, 9.17) is 0 Å². The molecule has 1 aromatic carbocycles. The lowest BCUT2D eigenvalue weighted by atomic mass is 9.83. The van der Waals surface area contributed by atoms with Crippen LogP contribution in [0.3, 0.4) is 0 Å². The highest BCUT2D eigenvalue weighted by molar-refractivity contribution is 5.99. The molecule has 2 atom stereocenters. The summed E-state index contributed by atoms with van der Waals surface area (Å²) in [5.41, 5.74) is 2.75. The van der Waals surface area contributed by atoms with E-state index in [1.165, 1.54) is 0 Å². The molecule has 156 valence electrons. The van der Waals surface area contributed by atoms with E-state index in [-0.39, 0.29) is 23.8 Å². The number of carbonyl (C=O) groups is 2. The maximum absolute atomic E-state index is 13.0. The van der Waals surface area contributed by atoms with E-state index in [0.717, 1.165) is 48.6 Å². The first-order valence-electron chi connectivity index (χ1n) is 10.7. The molecule has 6 heteroatoms. The van der Waals surface area contributed by atoms with Crippen LogP contribution in [0.5, 0.6) is 0 Å². The molecule has 2 amide bonds. The Balaban J connectivity index is 1.39. The Morgan fingerprint density at radius 2 is 1.97 bits per heavy atom. The molecule has 6 nitrogen and oxygen atoms in total. The number of nitrogens with one attached hydrogen (secondary N) is 2. The zero-order valence-electron chi connectivity index (χ0n) is 17.3. The van der Waals surface area contributed by atoms with Gasteiger partial charge in [0.1, 0.15) is 5.69 Å². The maximum Gasteiger partial charge on any atom is 0.268 e. The lowest BCUT2D eigenvalue weighted by molar-refractivity contribution is -0.126. The molecule has 0 unspecified atom stereocenters. The molecule has 0 bridgehead atoms. The molecule has 1 fully saturated rings. The fourth-order valence-electron chi connectivity index (χ4n) is 4.37. The van der Waals surface area contributed by atoms with Gasteiger partial charge in [0.2, 0.25) is 5.91 Å². The van der Waals surface area contributed by atoms with Gasteiger partial charge in [0.15, 0.2) is 0 Å². The number of aryl methyl sites for hydroxylation is 1. The Morgan fingerprint density at radius 3 is 2.77 bits per heavy atom. The quantitative estimate of drug-likeness (QED) is 0.662. The van der Waals surface area contributed by atoms with Crippen molar-refractivity contribution >= 4 is 22.7 Å². The van der Waals surface area contributed by atoms with Gasteiger partial charge in [-0.1, -0.05) is 37.1 Å². The van der Waals surface area contributed by atoms with Gasteiger partial charge >= 0.3 is 0 Å². The lowest BCUT2D eigenvalue weighted by Crippen LogP contribution is -2.48. The van der Waals surface area contributed by atoms with Crippen molar-refractivity contribution in [2.45, 2.75) is 38.1 Å². The molecule has 4 rings (SSSR count). The number of benzene rings is 1. The third-order valence-electron chi connectivity index (χ3n) is 6.04. The number of fused-ring (bicyclic) bond motifs is 1. The van der Waals surface area contributed by atoms with Gasteiger partial charge in [-0.15, -0.1) is 0 Å². The molecule has 2 aromatic heterocycles. The van der Waals surface area contributed by atoms with Gasteiger partial charge in [0.05, 0.1) is 5.92 Å². The first kappa shape index (κ1) is 20.1. The molecular weight excluding hydrogens is 376 g/mol. The molecule has 3 aromatic rings. The van der Waals surface area contributed by atoms with Crippen LogP contribution in [0.4, 0.5) is 0 Å². The molecule has 2 N–H and O–H groups in total. The minimum atomic E-state index is -0.189. The summed E-state index contributed by atoms with van der Waals surface area (Å²) in [5.74, 6) is -0.277. The summed E-state index contributed by atoms with van der Waals surface area (Å²) < 4.78 is 1.91. The average molecular weight is 405 g/mol. The van der Waals surface area contributed by atoms with E-state index in [2.05, 4.69) is 15.6 Å². The number of rotatable bonds is 6. The topological polar surface area (TPSA) is 76.0 Å². The predicted molar refractivity (Wildman–Crippen MR) is 117 cm³/mol. The van der Waals surface area contributed by atoms with Crippen molar-refractivity contribution < 1.29 is 9.59 Å². The van der Waals surface area contributed by atoms with Crippen LogP contribution in [-0.4, -0.2) is 34.0 Å². The second-order valence-corrected chi connectivity index (χ2v) is 8.02. The number of pyridine rings is 1. The van der Waals surface area contributed by atoms with E-state index >= 15 is 0 Å². The fraction of sp³-hybridized carbons (Fsp3) is 0.375. The maximum atomic E-state index is 13.0. The predicted octanol–water partition coefficient (Wildman–Crippen LogP) is 3.22. The summed E-state index contributed by atoms with van der Waals surface area (Å²) in [4.78, 5) is 29.9. The van der Waals surface area contributed by atoms with Crippen LogP contribution in [-0.2, 0) is 18.3 Å². The monoisotopic (exact) mass is 404 g/mol. The van der Waals surface area contributed by atoms with Gasteiger partial charge in [-0.3, -0.25) is 14.6 Å². The van der Waals surface area contributed by atoms with Crippen molar-refractivity contribution in [1.82, 2.24) is 20.2 Å². The van der Waals surface area contributed by atoms with Gasteiger partial charge in [0.25, 0.3) is 5.91 Å². The van der Waals surface area contributed by atoms with E-state index in [9.17, 15) is 9.59 Å². The summed E-state index contributed by atoms with van der Waals surface area (Å²) in [6.07, 6.45) is 7.99. The van der Waals surface area contributed by atoms with Gasteiger partial charge < -0.3 is 15.2 Å². The standard InChI is InChI=1S/C24H28N4O2/c1-28-21-11-5-2-8-18(21)15-22(28)24(30)27-20-10-4-3-9-19(20)23(29)26-14-12-17-7-6-13-25-16-17/h2,5-8,11,13,15-16,19-20H,3-4,9-10,12,14H2,1H3,(H,26,29)(H,27,30)/t19-,20+/m1/s1. The Bertz CT molecular complexity index is 1030. The SMILES string of the molecule is Cn1c(C(=O)N[C@H]2CCCC[C@H]2C(=O)NCCc2cccnc2)cc2ccccc21. The lowest BCUT2D eigenvalue weighted by Gasteiger charge is -2.31. The summed E-state index contributed by atoms with van der Waals surface area (Å²) in [6.45, 7) is 0.574. The highest BCUT2D eigenvalue weighted by Crippen LogP contribution is 2.26. The third-order valence-corrected chi connectivity index (χ3v) is 6.04. The molecule has 1 aliphatic carbocycles. The van der Waals surface area contributed by atoms with Crippen LogP contribution < -0.4 is 10.6 Å². The summed E-state index contributed by atoms with van der Waals surface area (Å²) >= 11 is 0. The van der Waals surface area contributed by atoms with Gasteiger partial charge in [-0.25, -0.2) is 0 Å². The Morgan fingerprint density at radius 1 is 1.13 bits per heavy atom. The van der Waals surface area contributed by atoms with Crippen molar-refractivity contribution in [1.29, 1.82) is 0 Å². The van der Waals surface area contributed by atoms with Crippen LogP contribution in [0.1, 0.15) is 41.7 Å². The third kappa shape index (κ3) is 4.37. The highest BCUT2D eigenvalue weighted by Gasteiger charge is 2.32. The molecule has 0 spiro atoms. The van der Waals surface area contributed by atoms with Crippen LogP contribution >= 0.6 is 0 Å². The molecule has 0 saturated heterocycles. The van der Waals surface area contributed by atoms with Crippen molar-refractivity contribution in [3.63, 3.8) is 0 Å². The van der Waals surface area contributed by atoms with E-state index in [1.807, 2.05) is 60.3 Å². The van der Waals surface area contributed by atoms with Crippen LogP contribution in [0.15, 0.2) is 54.9 Å². The number of nitrogens with zero attached hydrogens (tertiary/aromatic N) is 2. The van der Waals surface area contributed by atoms with Crippen molar-refractivity contribution in [3.05, 3.63) is 66.1 Å². The van der Waals surface area contributed by atoms with Gasteiger partial charge in [-0.2, -0.15) is 0 Å². The number of carbonyl (C=O) groups excluding carboxylic acids is 2. The van der Waals surface area contributed by atoms with Crippen LogP contribution in [0.2, 0.25) is 0 Å². The zero-order chi connectivity index (χ0) is 20.9. The summed E-state index contributed by atoms with van der Waals surface area (Å²) in [6, 6.07) is 13.6. The number of para-hydroxylation sites is 1. The first-order chi connectivity index (χ1) is 14.6. The fourth-order valence-corrected chi connectivity index (χ4v) is 4.37. The molecule has 0 radical (unpaired) electrons. The first-order valence-corrected chi connectivity index (χ1v) is 10.7. The van der Waals surface area contributed by atoms with Gasteiger partial charge in [-0.05, 0) is 43.0 Å². The van der Waals surface area contributed by atoms with Crippen LogP contribution in [0.25, 0.3) is 10.9 Å². The minimum absolute atomic E-state index is 0.0286. The normalized spacial score (nSPS) is 18.8. The smallest absolute Gasteiger partial charge is 0.268 e. The highest BCUT2D eigenvalue weighted by atomic mass is 16.2. The largest absolute Gasteiger partial charge is 0.355 e. The summed E-state index contributed by atoms with van der Waals surface area (Å²) in [5, 5.41) is 7.24. The van der Waals surface area contributed by atoms with Crippen molar-refractivity contribution in [2.24, 2.45) is 13.0 Å². The number of amides is 2. The van der Waals surface area contributed by atoms with E-state index < -0.39 is 0 Å². The Labute approximate surface area is 176 Å². The second kappa shape index (κ2) is 9.11. The second-order valence-electron chi connectivity index (χ2n) is 8.02. The Kier molecular flexibility index (Phi) is 6.12. The molecule has 30 heavy (non-hydrogen) atoms. The molecule has 2 heterocycles. The van der Waals surface area contributed by atoms with Crippen molar-refractivity contribution in [3.8, 4) is 0 Å². The molecule has 1 saturated carbocycles. The van der Waals surface area contributed by atoms with Crippen LogP contribution in [0, 0.1) is 5.92 Å². The molecule has 1 aliphatic rings. The van der Waals surface area contributed by atoms with E-state index in [0.29, 0.717) is 12.2 Å². The number of aromatic nitrogens is 2. The zero-order valence-corrected chi connectivity index (χ0v) is 17.3. The van der Waals surface area contributed by atoms with Crippen molar-refractivity contribution in [2.75, 3.05) is 6.54 Å². The Hall–Kier alpha value is -3.15. The molecule has 0 aliphatic heterocycles. The van der Waals surface area contributed by atoms with E-state index in [1.54, 1.807) is 6.20 Å².